The fraction of sp³-hybridized carbons (Fsp3) is 0.250. The van der Waals surface area contributed by atoms with Crippen LogP contribution in [0, 0.1) is 0 Å². The summed E-state index contributed by atoms with van der Waals surface area (Å²) in [5, 5.41) is 3.23. The van der Waals surface area contributed by atoms with E-state index in [9.17, 15) is 13.2 Å². The molecule has 0 spiro atoms. The Morgan fingerprint density at radius 1 is 0.846 bits per heavy atom. The van der Waals surface area contributed by atoms with Crippen LogP contribution < -0.4 is 5.32 Å². The van der Waals surface area contributed by atoms with Crippen molar-refractivity contribution in [3.63, 3.8) is 0 Å². The average Bonchev–Trinajstić information content (AvgIpc) is 2.97. The molecule has 1 N–H and O–H groups in total. The molecule has 0 aliphatic carbocycles. The molecular weight excluding hydrogens is 341 g/mol. The van der Waals surface area contributed by atoms with E-state index in [0.717, 1.165) is 17.7 Å². The highest BCUT2D eigenvalue weighted by molar-refractivity contribution is 5.74. The van der Waals surface area contributed by atoms with Crippen molar-refractivity contribution in [3.05, 3.63) is 60.2 Å². The van der Waals surface area contributed by atoms with Crippen LogP contribution in [0.5, 0.6) is 0 Å². The summed E-state index contributed by atoms with van der Waals surface area (Å²) >= 11 is 0. The summed E-state index contributed by atoms with van der Waals surface area (Å²) in [6.07, 6.45) is -4.37. The van der Waals surface area contributed by atoms with E-state index in [1.807, 2.05) is 51.1 Å². The Bertz CT molecular complexity index is 876. The third-order valence-electron chi connectivity index (χ3n) is 3.62. The Morgan fingerprint density at radius 2 is 1.46 bits per heavy atom. The van der Waals surface area contributed by atoms with Crippen molar-refractivity contribution in [2.75, 3.05) is 5.32 Å². The number of alkyl halides is 3. The average molecular weight is 360 g/mol. The third-order valence-corrected chi connectivity index (χ3v) is 3.62. The largest absolute Gasteiger partial charge is 0.420 e. The van der Waals surface area contributed by atoms with Gasteiger partial charge in [-0.15, -0.1) is 0 Å². The van der Waals surface area contributed by atoms with Crippen LogP contribution in [0.1, 0.15) is 26.3 Å². The summed E-state index contributed by atoms with van der Waals surface area (Å²) in [7, 11) is 0. The van der Waals surface area contributed by atoms with Gasteiger partial charge in [0.05, 0.1) is 5.56 Å². The molecule has 0 radical (unpaired) electrons. The van der Waals surface area contributed by atoms with Crippen LogP contribution in [0.2, 0.25) is 0 Å². The van der Waals surface area contributed by atoms with E-state index in [4.69, 9.17) is 4.42 Å². The Labute approximate surface area is 149 Å². The number of halogens is 3. The lowest BCUT2D eigenvalue weighted by Crippen LogP contribution is -2.26. The molecule has 0 atom stereocenters. The monoisotopic (exact) mass is 360 g/mol. The van der Waals surface area contributed by atoms with Crippen molar-refractivity contribution in [3.8, 4) is 22.7 Å². The zero-order chi connectivity index (χ0) is 18.9. The first-order valence-electron chi connectivity index (χ1n) is 8.15. The Morgan fingerprint density at radius 3 is 2.00 bits per heavy atom. The molecule has 136 valence electrons. The van der Waals surface area contributed by atoms with Crippen LogP contribution in [0.15, 0.2) is 59.0 Å². The van der Waals surface area contributed by atoms with Crippen LogP contribution in [0.4, 0.5) is 19.1 Å². The van der Waals surface area contributed by atoms with E-state index in [1.54, 1.807) is 0 Å². The number of anilines is 1. The second-order valence-corrected chi connectivity index (χ2v) is 7.01. The number of benzene rings is 2. The minimum Gasteiger partial charge on any atom is -0.420 e. The van der Waals surface area contributed by atoms with E-state index in [-0.39, 0.29) is 5.54 Å². The Balaban J connectivity index is 2.05. The lowest BCUT2D eigenvalue weighted by molar-refractivity contribution is -0.137. The van der Waals surface area contributed by atoms with Crippen LogP contribution in [0.3, 0.4) is 0 Å². The number of aromatic nitrogens is 1. The van der Waals surface area contributed by atoms with E-state index in [1.165, 1.54) is 12.1 Å². The molecule has 1 aromatic heterocycles. The molecule has 0 saturated heterocycles. The predicted molar refractivity (Wildman–Crippen MR) is 95.8 cm³/mol. The normalized spacial score (nSPS) is 12.2. The van der Waals surface area contributed by atoms with Gasteiger partial charge in [0, 0.05) is 16.7 Å². The van der Waals surface area contributed by atoms with Gasteiger partial charge in [-0.2, -0.15) is 13.2 Å². The van der Waals surface area contributed by atoms with Gasteiger partial charge in [0.2, 0.25) is 11.8 Å². The maximum absolute atomic E-state index is 12.8. The van der Waals surface area contributed by atoms with Gasteiger partial charge in [0.1, 0.15) is 5.69 Å². The SMILES string of the molecule is CC(C)(C)Nc1oc(-c2ccccc2)nc1-c1ccc(C(F)(F)F)cc1. The molecular formula is C20H19F3N2O. The molecule has 0 amide bonds. The first-order valence-corrected chi connectivity index (χ1v) is 8.15. The lowest BCUT2D eigenvalue weighted by atomic mass is 10.1. The summed E-state index contributed by atoms with van der Waals surface area (Å²) in [6.45, 7) is 5.90. The number of nitrogens with zero attached hydrogens (tertiary/aromatic N) is 1. The van der Waals surface area contributed by atoms with Gasteiger partial charge in [-0.05, 0) is 45.0 Å². The van der Waals surface area contributed by atoms with Gasteiger partial charge in [0.25, 0.3) is 0 Å². The van der Waals surface area contributed by atoms with Crippen LogP contribution >= 0.6 is 0 Å². The number of hydrogen-bond acceptors (Lipinski definition) is 3. The van der Waals surface area contributed by atoms with Crippen molar-refractivity contribution >= 4 is 5.88 Å². The summed E-state index contributed by atoms with van der Waals surface area (Å²) in [6, 6.07) is 14.3. The molecule has 0 fully saturated rings. The molecule has 3 nitrogen and oxygen atoms in total. The van der Waals surface area contributed by atoms with E-state index in [0.29, 0.717) is 23.0 Å². The number of nitrogens with one attached hydrogen (secondary N) is 1. The lowest BCUT2D eigenvalue weighted by Gasteiger charge is -2.20. The van der Waals surface area contributed by atoms with Crippen LogP contribution in [-0.4, -0.2) is 10.5 Å². The van der Waals surface area contributed by atoms with Crippen molar-refractivity contribution in [1.29, 1.82) is 0 Å². The molecule has 3 aromatic rings. The summed E-state index contributed by atoms with van der Waals surface area (Å²) in [5.41, 5.74) is 0.831. The number of rotatable bonds is 3. The number of hydrogen-bond donors (Lipinski definition) is 1. The number of oxazole rings is 1. The minimum absolute atomic E-state index is 0.297. The zero-order valence-electron chi connectivity index (χ0n) is 14.7. The molecule has 6 heteroatoms. The molecule has 0 bridgehead atoms. The predicted octanol–water partition coefficient (Wildman–Crippen LogP) is 6.24. The fourth-order valence-electron chi connectivity index (χ4n) is 2.46. The first kappa shape index (κ1) is 18.0. The first-order chi connectivity index (χ1) is 12.1. The molecule has 0 unspecified atom stereocenters. The molecule has 0 saturated carbocycles. The maximum Gasteiger partial charge on any atom is 0.416 e. The standard InChI is InChI=1S/C20H19F3N2O/c1-19(2,3)25-18-16(13-9-11-15(12-10-13)20(21,22)23)24-17(26-18)14-7-5-4-6-8-14/h4-12,25H,1-3H3. The summed E-state index contributed by atoms with van der Waals surface area (Å²) < 4.78 is 44.3. The van der Waals surface area contributed by atoms with Crippen molar-refractivity contribution in [2.45, 2.75) is 32.5 Å². The van der Waals surface area contributed by atoms with Gasteiger partial charge in [-0.3, -0.25) is 0 Å². The minimum atomic E-state index is -4.37. The quantitative estimate of drug-likeness (QED) is 0.601. The molecule has 0 aliphatic rings. The van der Waals surface area contributed by atoms with Gasteiger partial charge in [0.15, 0.2) is 0 Å². The smallest absolute Gasteiger partial charge is 0.416 e. The highest BCUT2D eigenvalue weighted by Gasteiger charge is 2.30. The fourth-order valence-corrected chi connectivity index (χ4v) is 2.46. The molecule has 2 aromatic carbocycles. The van der Waals surface area contributed by atoms with Gasteiger partial charge < -0.3 is 9.73 Å². The molecule has 1 heterocycles. The van der Waals surface area contributed by atoms with E-state index < -0.39 is 11.7 Å². The second-order valence-electron chi connectivity index (χ2n) is 7.01. The van der Waals surface area contributed by atoms with E-state index in [2.05, 4.69) is 10.3 Å². The topological polar surface area (TPSA) is 38.1 Å². The molecule has 3 rings (SSSR count). The van der Waals surface area contributed by atoms with Gasteiger partial charge in [-0.25, -0.2) is 4.98 Å². The van der Waals surface area contributed by atoms with Gasteiger partial charge in [-0.1, -0.05) is 30.3 Å². The highest BCUT2D eigenvalue weighted by Crippen LogP contribution is 2.36. The third kappa shape index (κ3) is 4.07. The van der Waals surface area contributed by atoms with Crippen molar-refractivity contribution in [1.82, 2.24) is 4.98 Å². The highest BCUT2D eigenvalue weighted by atomic mass is 19.4. The van der Waals surface area contributed by atoms with Crippen LogP contribution in [-0.2, 0) is 6.18 Å². The summed E-state index contributed by atoms with van der Waals surface area (Å²) in [5.74, 6) is 0.836. The summed E-state index contributed by atoms with van der Waals surface area (Å²) in [4.78, 5) is 4.52. The molecule has 26 heavy (non-hydrogen) atoms. The van der Waals surface area contributed by atoms with Crippen molar-refractivity contribution in [2.24, 2.45) is 0 Å². The van der Waals surface area contributed by atoms with E-state index >= 15 is 0 Å². The molecule has 0 aliphatic heterocycles. The van der Waals surface area contributed by atoms with Crippen LogP contribution in [0.25, 0.3) is 22.7 Å². The second kappa shape index (κ2) is 6.52. The Kier molecular flexibility index (Phi) is 4.52. The zero-order valence-corrected chi connectivity index (χ0v) is 14.7. The maximum atomic E-state index is 12.8. The Hall–Kier alpha value is -2.76. The van der Waals surface area contributed by atoms with Crippen molar-refractivity contribution < 1.29 is 17.6 Å². The van der Waals surface area contributed by atoms with Gasteiger partial charge >= 0.3 is 6.18 Å².